The summed E-state index contributed by atoms with van der Waals surface area (Å²) in [5, 5.41) is 12.5. The van der Waals surface area contributed by atoms with Crippen LogP contribution in [0.15, 0.2) is 24.3 Å². The fourth-order valence-corrected chi connectivity index (χ4v) is 3.51. The first kappa shape index (κ1) is 13.2. The van der Waals surface area contributed by atoms with E-state index in [1.165, 1.54) is 12.1 Å². The number of nitrogens with one attached hydrogen (secondary N) is 2. The topological polar surface area (TPSA) is 78.4 Å². The molecule has 5 nitrogen and oxygen atoms in total. The highest BCUT2D eigenvalue weighted by Gasteiger charge is 2.20. The van der Waals surface area contributed by atoms with Crippen LogP contribution in [0, 0.1) is 0 Å². The second-order valence-electron chi connectivity index (χ2n) is 4.58. The number of rotatable bonds is 4. The lowest BCUT2D eigenvalue weighted by Gasteiger charge is -2.23. The van der Waals surface area contributed by atoms with E-state index in [1.807, 2.05) is 0 Å². The molecule has 0 bridgehead atoms. The van der Waals surface area contributed by atoms with E-state index in [-0.39, 0.29) is 17.5 Å². The van der Waals surface area contributed by atoms with Gasteiger partial charge in [-0.05, 0) is 31.5 Å². The molecule has 1 aromatic rings. The summed E-state index contributed by atoms with van der Waals surface area (Å²) in [6.45, 7) is 0.881. The highest BCUT2D eigenvalue weighted by atomic mass is 32.2. The normalized spacial score (nSPS) is 20.6. The van der Waals surface area contributed by atoms with Crippen LogP contribution in [0.5, 0.6) is 5.75 Å². The van der Waals surface area contributed by atoms with E-state index in [0.29, 0.717) is 5.69 Å². The van der Waals surface area contributed by atoms with E-state index in [9.17, 15) is 13.5 Å². The summed E-state index contributed by atoms with van der Waals surface area (Å²) >= 11 is 0. The van der Waals surface area contributed by atoms with Crippen molar-refractivity contribution < 1.29 is 13.5 Å². The van der Waals surface area contributed by atoms with Gasteiger partial charge in [0.1, 0.15) is 5.75 Å². The van der Waals surface area contributed by atoms with Crippen molar-refractivity contribution in [1.29, 1.82) is 0 Å². The molecule has 0 amide bonds. The largest absolute Gasteiger partial charge is 0.508 e. The first-order valence-electron chi connectivity index (χ1n) is 6.08. The molecule has 1 unspecified atom stereocenters. The zero-order chi connectivity index (χ0) is 13.0. The van der Waals surface area contributed by atoms with Crippen molar-refractivity contribution in [1.82, 2.24) is 5.32 Å². The number of benzene rings is 1. The van der Waals surface area contributed by atoms with Crippen molar-refractivity contribution in [2.45, 2.75) is 25.3 Å². The molecule has 100 valence electrons. The molecule has 2 rings (SSSR count). The fraction of sp³-hybridized carbons (Fsp3) is 0.500. The Morgan fingerprint density at radius 3 is 2.89 bits per heavy atom. The molecular formula is C12H18N2O3S. The van der Waals surface area contributed by atoms with Gasteiger partial charge in [0.2, 0.25) is 10.0 Å². The van der Waals surface area contributed by atoms with E-state index in [2.05, 4.69) is 10.0 Å². The summed E-state index contributed by atoms with van der Waals surface area (Å²) in [6, 6.07) is 6.14. The summed E-state index contributed by atoms with van der Waals surface area (Å²) in [5.74, 6) is 0.119. The lowest BCUT2D eigenvalue weighted by atomic mass is 10.1. The van der Waals surface area contributed by atoms with Crippen molar-refractivity contribution in [3.05, 3.63) is 24.3 Å². The smallest absolute Gasteiger partial charge is 0.234 e. The van der Waals surface area contributed by atoms with Crippen LogP contribution >= 0.6 is 0 Å². The molecule has 1 aliphatic rings. The number of hydrogen-bond donors (Lipinski definition) is 3. The van der Waals surface area contributed by atoms with Crippen molar-refractivity contribution in [3.63, 3.8) is 0 Å². The lowest BCUT2D eigenvalue weighted by molar-refractivity contribution is 0.424. The number of phenols is 1. The summed E-state index contributed by atoms with van der Waals surface area (Å²) in [4.78, 5) is 0. The third kappa shape index (κ3) is 3.89. The van der Waals surface area contributed by atoms with Gasteiger partial charge in [-0.25, -0.2) is 8.42 Å². The number of aromatic hydroxyl groups is 1. The lowest BCUT2D eigenvalue weighted by Crippen LogP contribution is -2.40. The number of sulfonamides is 1. The molecule has 1 aliphatic heterocycles. The van der Waals surface area contributed by atoms with E-state index in [4.69, 9.17) is 0 Å². The Balaban J connectivity index is 1.98. The van der Waals surface area contributed by atoms with Gasteiger partial charge in [0, 0.05) is 12.1 Å². The maximum absolute atomic E-state index is 11.9. The number of hydrogen-bond acceptors (Lipinski definition) is 4. The molecule has 0 radical (unpaired) electrons. The van der Waals surface area contributed by atoms with Gasteiger partial charge in [-0.3, -0.25) is 4.72 Å². The molecule has 1 saturated heterocycles. The molecule has 1 atom stereocenters. The average Bonchev–Trinajstić information content (AvgIpc) is 2.28. The van der Waals surface area contributed by atoms with Gasteiger partial charge in [0.05, 0.1) is 11.4 Å². The average molecular weight is 270 g/mol. The Morgan fingerprint density at radius 2 is 2.22 bits per heavy atom. The fourth-order valence-electron chi connectivity index (χ4n) is 2.12. The number of phenolic OH excluding ortho intramolecular Hbond substituents is 1. The second kappa shape index (κ2) is 5.58. The Labute approximate surface area is 107 Å². The van der Waals surface area contributed by atoms with Gasteiger partial charge in [-0.2, -0.15) is 0 Å². The summed E-state index contributed by atoms with van der Waals surface area (Å²) < 4.78 is 26.4. The molecule has 1 heterocycles. The van der Waals surface area contributed by atoms with Gasteiger partial charge < -0.3 is 10.4 Å². The minimum atomic E-state index is -3.37. The molecule has 18 heavy (non-hydrogen) atoms. The molecule has 0 aromatic heterocycles. The quantitative estimate of drug-likeness (QED) is 0.770. The van der Waals surface area contributed by atoms with Crippen LogP contribution in [0.4, 0.5) is 5.69 Å². The first-order valence-corrected chi connectivity index (χ1v) is 7.73. The van der Waals surface area contributed by atoms with Crippen LogP contribution in [0.25, 0.3) is 0 Å². The monoisotopic (exact) mass is 270 g/mol. The Morgan fingerprint density at radius 1 is 1.39 bits per heavy atom. The van der Waals surface area contributed by atoms with Crippen molar-refractivity contribution in [3.8, 4) is 5.75 Å². The van der Waals surface area contributed by atoms with Gasteiger partial charge in [0.25, 0.3) is 0 Å². The van der Waals surface area contributed by atoms with E-state index < -0.39 is 10.0 Å². The van der Waals surface area contributed by atoms with Crippen LogP contribution < -0.4 is 10.0 Å². The van der Waals surface area contributed by atoms with E-state index >= 15 is 0 Å². The van der Waals surface area contributed by atoms with Crippen molar-refractivity contribution in [2.24, 2.45) is 0 Å². The molecule has 3 N–H and O–H groups in total. The molecule has 6 heteroatoms. The predicted molar refractivity (Wildman–Crippen MR) is 71.2 cm³/mol. The molecule has 0 saturated carbocycles. The Bertz CT molecular complexity index is 496. The minimum Gasteiger partial charge on any atom is -0.508 e. The van der Waals surface area contributed by atoms with Gasteiger partial charge in [-0.15, -0.1) is 0 Å². The first-order chi connectivity index (χ1) is 8.55. The zero-order valence-corrected chi connectivity index (χ0v) is 10.9. The summed E-state index contributed by atoms with van der Waals surface area (Å²) in [5.41, 5.74) is 0.394. The number of anilines is 1. The Hall–Kier alpha value is -1.27. The maximum Gasteiger partial charge on any atom is 0.234 e. The summed E-state index contributed by atoms with van der Waals surface area (Å²) in [7, 11) is -3.37. The standard InChI is InChI=1S/C12H18N2O3S/c15-12-6-3-5-10(8-12)14-18(16,17)9-11-4-1-2-7-13-11/h3,5-6,8,11,13-15H,1-2,4,7,9H2. The third-order valence-electron chi connectivity index (χ3n) is 2.95. The van der Waals surface area contributed by atoms with Crippen LogP contribution in [-0.2, 0) is 10.0 Å². The molecular weight excluding hydrogens is 252 g/mol. The maximum atomic E-state index is 11.9. The van der Waals surface area contributed by atoms with Crippen LogP contribution in [0.2, 0.25) is 0 Å². The minimum absolute atomic E-state index is 0.0218. The molecule has 1 fully saturated rings. The molecule has 1 aromatic carbocycles. The predicted octanol–water partition coefficient (Wildman–Crippen LogP) is 1.28. The molecule has 0 aliphatic carbocycles. The number of piperidine rings is 1. The van der Waals surface area contributed by atoms with Crippen molar-refractivity contribution >= 4 is 15.7 Å². The van der Waals surface area contributed by atoms with E-state index in [0.717, 1.165) is 25.8 Å². The van der Waals surface area contributed by atoms with Crippen LogP contribution in [-0.4, -0.2) is 31.9 Å². The second-order valence-corrected chi connectivity index (χ2v) is 6.35. The highest BCUT2D eigenvalue weighted by molar-refractivity contribution is 7.92. The highest BCUT2D eigenvalue weighted by Crippen LogP contribution is 2.17. The zero-order valence-electron chi connectivity index (χ0n) is 10.1. The van der Waals surface area contributed by atoms with Gasteiger partial charge in [-0.1, -0.05) is 12.5 Å². The molecule has 0 spiro atoms. The van der Waals surface area contributed by atoms with Gasteiger partial charge >= 0.3 is 0 Å². The van der Waals surface area contributed by atoms with Crippen LogP contribution in [0.1, 0.15) is 19.3 Å². The SMILES string of the molecule is O=S(=O)(CC1CCCCN1)Nc1cccc(O)c1. The van der Waals surface area contributed by atoms with Crippen molar-refractivity contribution in [2.75, 3.05) is 17.0 Å². The Kier molecular flexibility index (Phi) is 4.08. The van der Waals surface area contributed by atoms with Crippen LogP contribution in [0.3, 0.4) is 0 Å². The third-order valence-corrected chi connectivity index (χ3v) is 4.34. The van der Waals surface area contributed by atoms with E-state index in [1.54, 1.807) is 12.1 Å². The van der Waals surface area contributed by atoms with Gasteiger partial charge in [0.15, 0.2) is 0 Å². The summed E-state index contributed by atoms with van der Waals surface area (Å²) in [6.07, 6.45) is 3.07.